The first kappa shape index (κ1) is 12.1. The molecule has 0 aliphatic rings. The predicted octanol–water partition coefficient (Wildman–Crippen LogP) is 1.09. The lowest BCUT2D eigenvalue weighted by molar-refractivity contribution is -0.140. The molecule has 0 spiro atoms. The molecule has 2 aromatic rings. The monoisotopic (exact) mass is 246 g/mol. The van der Waals surface area contributed by atoms with E-state index in [0.29, 0.717) is 18.8 Å². The number of imidazole rings is 1. The zero-order valence-corrected chi connectivity index (χ0v) is 10.0. The first-order chi connectivity index (χ1) is 8.72. The lowest BCUT2D eigenvalue weighted by Crippen LogP contribution is -2.07. The molecular formula is C12H14N4O2. The summed E-state index contributed by atoms with van der Waals surface area (Å²) in [5.74, 6) is 0.186. The van der Waals surface area contributed by atoms with Crippen molar-refractivity contribution in [2.45, 2.75) is 13.0 Å². The summed E-state index contributed by atoms with van der Waals surface area (Å²) in [6.07, 6.45) is 5.28. The van der Waals surface area contributed by atoms with E-state index in [-0.39, 0.29) is 5.97 Å². The molecule has 2 N–H and O–H groups in total. The quantitative estimate of drug-likeness (QED) is 0.816. The number of pyridine rings is 1. The van der Waals surface area contributed by atoms with Crippen molar-refractivity contribution in [2.75, 3.05) is 12.8 Å². The highest BCUT2D eigenvalue weighted by Gasteiger charge is 2.10. The van der Waals surface area contributed by atoms with Crippen LogP contribution in [0.15, 0.2) is 30.9 Å². The Balaban J connectivity index is 2.23. The molecule has 0 bridgehead atoms. The van der Waals surface area contributed by atoms with E-state index in [4.69, 9.17) is 5.73 Å². The van der Waals surface area contributed by atoms with Gasteiger partial charge < -0.3 is 15.0 Å². The van der Waals surface area contributed by atoms with Crippen molar-refractivity contribution in [3.8, 4) is 11.3 Å². The van der Waals surface area contributed by atoms with Gasteiger partial charge >= 0.3 is 5.97 Å². The number of aryl methyl sites for hydroxylation is 1. The van der Waals surface area contributed by atoms with Crippen LogP contribution in [0.1, 0.15) is 6.42 Å². The molecule has 0 aliphatic carbocycles. The van der Waals surface area contributed by atoms with Crippen molar-refractivity contribution in [3.05, 3.63) is 30.9 Å². The molecule has 0 fully saturated rings. The van der Waals surface area contributed by atoms with Gasteiger partial charge in [0.05, 0.1) is 31.7 Å². The van der Waals surface area contributed by atoms with Gasteiger partial charge in [-0.15, -0.1) is 0 Å². The Kier molecular flexibility index (Phi) is 3.57. The van der Waals surface area contributed by atoms with Crippen LogP contribution in [0.2, 0.25) is 0 Å². The van der Waals surface area contributed by atoms with E-state index < -0.39 is 0 Å². The highest BCUT2D eigenvalue weighted by Crippen LogP contribution is 2.23. The number of methoxy groups -OCH3 is 1. The highest BCUT2D eigenvalue weighted by atomic mass is 16.5. The van der Waals surface area contributed by atoms with Crippen LogP contribution >= 0.6 is 0 Å². The Hall–Kier alpha value is -2.37. The number of nitrogens with two attached hydrogens (primary N) is 1. The van der Waals surface area contributed by atoms with Crippen LogP contribution < -0.4 is 5.73 Å². The fraction of sp³-hybridized carbons (Fsp3) is 0.250. The third kappa shape index (κ3) is 2.48. The average molecular weight is 246 g/mol. The van der Waals surface area contributed by atoms with Gasteiger partial charge in [-0.2, -0.15) is 0 Å². The zero-order chi connectivity index (χ0) is 13.0. The number of anilines is 1. The van der Waals surface area contributed by atoms with Crippen LogP contribution in [0.5, 0.6) is 0 Å². The molecular weight excluding hydrogens is 232 g/mol. The Labute approximate surface area is 104 Å². The van der Waals surface area contributed by atoms with Gasteiger partial charge in [-0.25, -0.2) is 9.97 Å². The number of carbonyl (C=O) groups excluding carboxylic acids is 1. The minimum atomic E-state index is -0.256. The summed E-state index contributed by atoms with van der Waals surface area (Å²) in [7, 11) is 1.37. The van der Waals surface area contributed by atoms with Crippen molar-refractivity contribution >= 4 is 11.8 Å². The van der Waals surface area contributed by atoms with E-state index >= 15 is 0 Å². The molecule has 2 heterocycles. The maximum absolute atomic E-state index is 11.1. The highest BCUT2D eigenvalue weighted by molar-refractivity contribution is 5.71. The summed E-state index contributed by atoms with van der Waals surface area (Å²) < 4.78 is 6.46. The number of ether oxygens (including phenoxy) is 1. The minimum Gasteiger partial charge on any atom is -0.469 e. The smallest absolute Gasteiger partial charge is 0.307 e. The normalized spacial score (nSPS) is 10.3. The van der Waals surface area contributed by atoms with Crippen LogP contribution in [-0.4, -0.2) is 27.6 Å². The van der Waals surface area contributed by atoms with Gasteiger partial charge in [-0.05, 0) is 12.1 Å². The van der Waals surface area contributed by atoms with E-state index in [1.165, 1.54) is 7.11 Å². The topological polar surface area (TPSA) is 83.0 Å². The Morgan fingerprint density at radius 3 is 3.11 bits per heavy atom. The number of aromatic nitrogens is 3. The zero-order valence-electron chi connectivity index (χ0n) is 10.0. The average Bonchev–Trinajstić information content (AvgIpc) is 2.84. The molecule has 0 unspecified atom stereocenters. The number of nitrogen functional groups attached to an aromatic ring is 1. The molecule has 0 radical (unpaired) electrons. The first-order valence-electron chi connectivity index (χ1n) is 5.50. The molecule has 2 aromatic heterocycles. The number of rotatable bonds is 4. The third-order valence-corrected chi connectivity index (χ3v) is 2.61. The summed E-state index contributed by atoms with van der Waals surface area (Å²) in [5, 5.41) is 0. The number of carbonyl (C=O) groups is 1. The van der Waals surface area contributed by atoms with E-state index in [1.807, 2.05) is 16.7 Å². The molecule has 0 aliphatic heterocycles. The van der Waals surface area contributed by atoms with E-state index in [0.717, 1.165) is 11.3 Å². The van der Waals surface area contributed by atoms with Gasteiger partial charge in [0.25, 0.3) is 0 Å². The fourth-order valence-electron chi connectivity index (χ4n) is 1.67. The molecule has 0 amide bonds. The first-order valence-corrected chi connectivity index (χ1v) is 5.50. The standard InChI is InChI=1S/C12H14N4O2/c1-18-11(17)4-6-16-8-14-7-10(16)9-3-2-5-15-12(9)13/h2-3,5,7-8H,4,6H2,1H3,(H2,13,15). The van der Waals surface area contributed by atoms with Gasteiger partial charge in [0.2, 0.25) is 0 Å². The number of hydrogen-bond donors (Lipinski definition) is 1. The molecule has 6 nitrogen and oxygen atoms in total. The minimum absolute atomic E-state index is 0.256. The lowest BCUT2D eigenvalue weighted by atomic mass is 10.2. The molecule has 94 valence electrons. The SMILES string of the molecule is COC(=O)CCn1cncc1-c1cccnc1N. The molecule has 0 atom stereocenters. The van der Waals surface area contributed by atoms with Gasteiger partial charge in [0.15, 0.2) is 0 Å². The second-order valence-corrected chi connectivity index (χ2v) is 3.73. The van der Waals surface area contributed by atoms with Gasteiger partial charge in [-0.1, -0.05) is 0 Å². The van der Waals surface area contributed by atoms with Crippen LogP contribution in [0.3, 0.4) is 0 Å². The predicted molar refractivity (Wildman–Crippen MR) is 66.5 cm³/mol. The van der Waals surface area contributed by atoms with Crippen LogP contribution in [0.25, 0.3) is 11.3 Å². The molecule has 2 rings (SSSR count). The lowest BCUT2D eigenvalue weighted by Gasteiger charge is -2.08. The summed E-state index contributed by atoms with van der Waals surface area (Å²) in [4.78, 5) is 19.2. The van der Waals surface area contributed by atoms with E-state index in [2.05, 4.69) is 14.7 Å². The van der Waals surface area contributed by atoms with Gasteiger partial charge in [-0.3, -0.25) is 4.79 Å². The molecule has 0 aromatic carbocycles. The van der Waals surface area contributed by atoms with Crippen molar-refractivity contribution in [1.82, 2.24) is 14.5 Å². The van der Waals surface area contributed by atoms with Crippen molar-refractivity contribution in [1.29, 1.82) is 0 Å². The third-order valence-electron chi connectivity index (χ3n) is 2.61. The van der Waals surface area contributed by atoms with Gasteiger partial charge in [0.1, 0.15) is 5.82 Å². The summed E-state index contributed by atoms with van der Waals surface area (Å²) in [5.41, 5.74) is 7.46. The van der Waals surface area contributed by atoms with Crippen LogP contribution in [0.4, 0.5) is 5.82 Å². The number of nitrogens with zero attached hydrogens (tertiary/aromatic N) is 3. The maximum atomic E-state index is 11.1. The number of esters is 1. The molecule has 0 saturated carbocycles. The second kappa shape index (κ2) is 5.31. The van der Waals surface area contributed by atoms with Gasteiger partial charge in [0, 0.05) is 18.3 Å². The second-order valence-electron chi connectivity index (χ2n) is 3.73. The Morgan fingerprint density at radius 2 is 2.39 bits per heavy atom. The summed E-state index contributed by atoms with van der Waals surface area (Å²) >= 11 is 0. The van der Waals surface area contributed by atoms with E-state index in [9.17, 15) is 4.79 Å². The molecule has 0 saturated heterocycles. The summed E-state index contributed by atoms with van der Waals surface area (Å²) in [6, 6.07) is 3.68. The molecule has 18 heavy (non-hydrogen) atoms. The van der Waals surface area contributed by atoms with Crippen molar-refractivity contribution in [3.63, 3.8) is 0 Å². The van der Waals surface area contributed by atoms with Crippen LogP contribution in [-0.2, 0) is 16.1 Å². The Morgan fingerprint density at radius 1 is 1.56 bits per heavy atom. The van der Waals surface area contributed by atoms with E-state index in [1.54, 1.807) is 18.7 Å². The fourth-order valence-corrected chi connectivity index (χ4v) is 1.67. The Bertz CT molecular complexity index is 551. The summed E-state index contributed by atoms with van der Waals surface area (Å²) in [6.45, 7) is 0.496. The largest absolute Gasteiger partial charge is 0.469 e. The van der Waals surface area contributed by atoms with Crippen LogP contribution in [0, 0.1) is 0 Å². The number of hydrogen-bond acceptors (Lipinski definition) is 5. The maximum Gasteiger partial charge on any atom is 0.307 e. The van der Waals surface area contributed by atoms with Crippen molar-refractivity contribution < 1.29 is 9.53 Å². The molecule has 6 heteroatoms. The van der Waals surface area contributed by atoms with Crippen molar-refractivity contribution in [2.24, 2.45) is 0 Å².